The van der Waals surface area contributed by atoms with Gasteiger partial charge in [0.05, 0.1) is 18.1 Å². The molecule has 0 amide bonds. The zero-order valence-corrected chi connectivity index (χ0v) is 16.6. The number of pyridine rings is 1. The molecule has 1 saturated heterocycles. The molecule has 1 aliphatic rings. The first kappa shape index (κ1) is 17.8. The van der Waals surface area contributed by atoms with Crippen LogP contribution < -0.4 is 11.0 Å². The molecule has 0 unspecified atom stereocenters. The molecule has 150 valence electrons. The summed E-state index contributed by atoms with van der Waals surface area (Å²) in [5.74, 6) is 1.15. The summed E-state index contributed by atoms with van der Waals surface area (Å²) in [6.07, 6.45) is 5.16. The second kappa shape index (κ2) is 6.66. The van der Waals surface area contributed by atoms with Gasteiger partial charge in [-0.05, 0) is 38.3 Å². The average Bonchev–Trinajstić information content (AvgIpc) is 3.18. The van der Waals surface area contributed by atoms with Crippen LogP contribution in [0.1, 0.15) is 30.3 Å². The Labute approximate surface area is 166 Å². The normalized spacial score (nSPS) is 15.4. The molecule has 0 saturated carbocycles. The number of hydrogen-bond donors (Lipinski definition) is 1. The molecular weight excluding hydrogens is 372 g/mol. The summed E-state index contributed by atoms with van der Waals surface area (Å²) in [4.78, 5) is 26.3. The van der Waals surface area contributed by atoms with Crippen molar-refractivity contribution in [2.75, 3.05) is 18.5 Å². The van der Waals surface area contributed by atoms with Crippen LogP contribution in [0.15, 0.2) is 23.3 Å². The van der Waals surface area contributed by atoms with Crippen molar-refractivity contribution in [2.24, 2.45) is 7.05 Å². The molecule has 0 radical (unpaired) electrons. The van der Waals surface area contributed by atoms with Crippen LogP contribution in [0.5, 0.6) is 0 Å². The van der Waals surface area contributed by atoms with Crippen molar-refractivity contribution in [3.05, 3.63) is 40.3 Å². The Morgan fingerprint density at radius 2 is 2.00 bits per heavy atom. The second-order valence-electron chi connectivity index (χ2n) is 7.41. The topological polar surface area (TPSA) is 104 Å². The quantitative estimate of drug-likeness (QED) is 0.566. The molecule has 29 heavy (non-hydrogen) atoms. The Kier molecular flexibility index (Phi) is 4.09. The smallest absolute Gasteiger partial charge is 0.330 e. The maximum atomic E-state index is 12.8. The molecule has 4 aromatic heterocycles. The van der Waals surface area contributed by atoms with Crippen molar-refractivity contribution >= 4 is 28.4 Å². The summed E-state index contributed by atoms with van der Waals surface area (Å²) in [5.41, 5.74) is 3.90. The highest BCUT2D eigenvalue weighted by atomic mass is 16.5. The first-order chi connectivity index (χ1) is 14.0. The molecule has 1 fully saturated rings. The van der Waals surface area contributed by atoms with Crippen LogP contribution in [0.2, 0.25) is 0 Å². The molecule has 0 aromatic carbocycles. The van der Waals surface area contributed by atoms with E-state index in [0.717, 1.165) is 29.7 Å². The molecule has 1 aliphatic heterocycles. The van der Waals surface area contributed by atoms with Crippen LogP contribution in [0.4, 0.5) is 11.6 Å². The lowest BCUT2D eigenvalue weighted by Crippen LogP contribution is -2.30. The minimum absolute atomic E-state index is 0.0750. The van der Waals surface area contributed by atoms with Gasteiger partial charge in [-0.15, -0.1) is 0 Å². The van der Waals surface area contributed by atoms with E-state index in [-0.39, 0.29) is 11.7 Å². The molecule has 0 bridgehead atoms. The molecule has 0 aliphatic carbocycles. The highest BCUT2D eigenvalue weighted by Crippen LogP contribution is 2.25. The van der Waals surface area contributed by atoms with Gasteiger partial charge in [-0.25, -0.2) is 19.3 Å². The SMILES string of the molecule is Cc1nc2cc(C)c(Nc3ncc4c(n3)n(C3CCOCC3)c(=O)n4C)cn2n1. The molecule has 10 nitrogen and oxygen atoms in total. The summed E-state index contributed by atoms with van der Waals surface area (Å²) >= 11 is 0. The number of anilines is 2. The first-order valence-corrected chi connectivity index (χ1v) is 9.63. The number of ether oxygens (including phenoxy) is 1. The predicted molar refractivity (Wildman–Crippen MR) is 108 cm³/mol. The van der Waals surface area contributed by atoms with Crippen LogP contribution in [0.3, 0.4) is 0 Å². The van der Waals surface area contributed by atoms with Crippen molar-refractivity contribution in [3.63, 3.8) is 0 Å². The van der Waals surface area contributed by atoms with E-state index in [2.05, 4.69) is 25.4 Å². The van der Waals surface area contributed by atoms with Crippen molar-refractivity contribution < 1.29 is 4.74 Å². The number of imidazole rings is 1. The molecule has 0 atom stereocenters. The van der Waals surface area contributed by atoms with Crippen LogP contribution in [-0.4, -0.2) is 46.9 Å². The van der Waals surface area contributed by atoms with Crippen molar-refractivity contribution in [3.8, 4) is 0 Å². The molecule has 1 N–H and O–H groups in total. The lowest BCUT2D eigenvalue weighted by Gasteiger charge is -2.22. The molecular formula is C19H22N8O2. The van der Waals surface area contributed by atoms with Crippen molar-refractivity contribution in [1.82, 2.24) is 33.7 Å². The summed E-state index contributed by atoms with van der Waals surface area (Å²) in [5, 5.41) is 7.63. The number of aromatic nitrogens is 7. The van der Waals surface area contributed by atoms with Gasteiger partial charge in [0.1, 0.15) is 11.3 Å². The lowest BCUT2D eigenvalue weighted by atomic mass is 10.1. The van der Waals surface area contributed by atoms with E-state index in [1.807, 2.05) is 26.1 Å². The molecule has 10 heteroatoms. The molecule has 5 heterocycles. The maximum Gasteiger partial charge on any atom is 0.330 e. The van der Waals surface area contributed by atoms with E-state index in [1.165, 1.54) is 0 Å². The predicted octanol–water partition coefficient (Wildman–Crippen LogP) is 1.88. The fourth-order valence-corrected chi connectivity index (χ4v) is 3.86. The van der Waals surface area contributed by atoms with E-state index < -0.39 is 0 Å². The minimum atomic E-state index is -0.0750. The van der Waals surface area contributed by atoms with Crippen molar-refractivity contribution in [2.45, 2.75) is 32.7 Å². The summed E-state index contributed by atoms with van der Waals surface area (Å²) in [6.45, 7) is 5.16. The first-order valence-electron chi connectivity index (χ1n) is 9.63. The third kappa shape index (κ3) is 2.96. The summed E-state index contributed by atoms with van der Waals surface area (Å²) in [6, 6.07) is 2.04. The van der Waals surface area contributed by atoms with E-state index in [9.17, 15) is 4.79 Å². The Morgan fingerprint density at radius 1 is 1.21 bits per heavy atom. The van der Waals surface area contributed by atoms with Crippen LogP contribution in [-0.2, 0) is 11.8 Å². The fourth-order valence-electron chi connectivity index (χ4n) is 3.86. The summed E-state index contributed by atoms with van der Waals surface area (Å²) < 4.78 is 10.6. The Bertz CT molecular complexity index is 1280. The van der Waals surface area contributed by atoms with E-state index >= 15 is 0 Å². The van der Waals surface area contributed by atoms with Crippen LogP contribution >= 0.6 is 0 Å². The molecule has 4 aromatic rings. The van der Waals surface area contributed by atoms with Gasteiger partial charge in [-0.1, -0.05) is 0 Å². The summed E-state index contributed by atoms with van der Waals surface area (Å²) in [7, 11) is 1.75. The number of rotatable bonds is 3. The highest BCUT2D eigenvalue weighted by Gasteiger charge is 2.23. The van der Waals surface area contributed by atoms with Crippen LogP contribution in [0.25, 0.3) is 16.8 Å². The number of nitrogens with one attached hydrogen (secondary N) is 1. The Balaban J connectivity index is 1.57. The largest absolute Gasteiger partial charge is 0.381 e. The van der Waals surface area contributed by atoms with Gasteiger partial charge in [0.25, 0.3) is 0 Å². The van der Waals surface area contributed by atoms with E-state index in [1.54, 1.807) is 26.9 Å². The number of hydrogen-bond acceptors (Lipinski definition) is 7. The van der Waals surface area contributed by atoms with E-state index in [4.69, 9.17) is 4.74 Å². The third-order valence-corrected chi connectivity index (χ3v) is 5.42. The van der Waals surface area contributed by atoms with Gasteiger partial charge in [-0.2, -0.15) is 10.1 Å². The standard InChI is InChI=1S/C19H22N8O2/c1-11-8-16-21-12(2)24-26(16)10-14(11)22-18-20-9-15-17(23-18)27(19(28)25(15)3)13-4-6-29-7-5-13/h8-10,13H,4-7H2,1-3H3,(H,20,22,23). The Hall–Kier alpha value is -3.27. The lowest BCUT2D eigenvalue weighted by molar-refractivity contribution is 0.0695. The van der Waals surface area contributed by atoms with Gasteiger partial charge < -0.3 is 10.1 Å². The Morgan fingerprint density at radius 3 is 2.79 bits per heavy atom. The number of nitrogens with zero attached hydrogens (tertiary/aromatic N) is 7. The van der Waals surface area contributed by atoms with Gasteiger partial charge in [0.15, 0.2) is 11.3 Å². The monoisotopic (exact) mass is 394 g/mol. The van der Waals surface area contributed by atoms with Gasteiger partial charge in [-0.3, -0.25) is 9.13 Å². The maximum absolute atomic E-state index is 12.8. The van der Waals surface area contributed by atoms with Crippen LogP contribution in [0, 0.1) is 13.8 Å². The fraction of sp³-hybridized carbons (Fsp3) is 0.421. The van der Waals surface area contributed by atoms with Gasteiger partial charge in [0.2, 0.25) is 5.95 Å². The molecule has 0 spiro atoms. The minimum Gasteiger partial charge on any atom is -0.381 e. The zero-order chi connectivity index (χ0) is 20.1. The zero-order valence-electron chi connectivity index (χ0n) is 16.6. The van der Waals surface area contributed by atoms with Crippen molar-refractivity contribution in [1.29, 1.82) is 0 Å². The number of fused-ring (bicyclic) bond motifs is 2. The molecule has 5 rings (SSSR count). The van der Waals surface area contributed by atoms with E-state index in [0.29, 0.717) is 36.2 Å². The third-order valence-electron chi connectivity index (χ3n) is 5.42. The highest BCUT2D eigenvalue weighted by molar-refractivity contribution is 5.73. The average molecular weight is 394 g/mol. The van der Waals surface area contributed by atoms with Gasteiger partial charge in [0, 0.05) is 26.3 Å². The second-order valence-corrected chi connectivity index (χ2v) is 7.41. The van der Waals surface area contributed by atoms with Gasteiger partial charge >= 0.3 is 5.69 Å². The number of aryl methyl sites for hydroxylation is 3.